The molecule has 3 aromatic carbocycles. The summed E-state index contributed by atoms with van der Waals surface area (Å²) in [6.07, 6.45) is 0. The third kappa shape index (κ3) is 3.99. The molecule has 4 rings (SSSR count). The normalized spacial score (nSPS) is 11.1. The Bertz CT molecular complexity index is 1240. The third-order valence-electron chi connectivity index (χ3n) is 4.87. The molecule has 0 bridgehead atoms. The van der Waals surface area contributed by atoms with E-state index in [4.69, 9.17) is 4.42 Å². The molecular weight excluding hydrogens is 364 g/mol. The summed E-state index contributed by atoms with van der Waals surface area (Å²) in [4.78, 5) is 23.8. The van der Waals surface area contributed by atoms with E-state index < -0.39 is 0 Å². The molecule has 0 aliphatic rings. The van der Waals surface area contributed by atoms with Crippen molar-refractivity contribution in [2.75, 3.05) is 10.6 Å². The fourth-order valence-electron chi connectivity index (χ4n) is 3.31. The van der Waals surface area contributed by atoms with Crippen molar-refractivity contribution >= 4 is 39.0 Å². The van der Waals surface area contributed by atoms with E-state index in [2.05, 4.69) is 10.6 Å². The van der Waals surface area contributed by atoms with Gasteiger partial charge < -0.3 is 15.1 Å². The summed E-state index contributed by atoms with van der Waals surface area (Å²) in [6.45, 7) is 4.19. The van der Waals surface area contributed by atoms with E-state index in [1.807, 2.05) is 74.5 Å². The van der Waals surface area contributed by atoms with Crippen molar-refractivity contribution < 1.29 is 9.21 Å². The van der Waals surface area contributed by atoms with Gasteiger partial charge >= 0.3 is 5.63 Å². The average molecular weight is 386 g/mol. The van der Waals surface area contributed by atoms with E-state index in [0.717, 1.165) is 33.1 Å². The van der Waals surface area contributed by atoms with Gasteiger partial charge in [0.2, 0.25) is 5.91 Å². The highest BCUT2D eigenvalue weighted by Crippen LogP contribution is 2.28. The maximum atomic E-state index is 12.0. The standard InChI is InChI=1S/C24H22N2O3/c1-15(2)24(28)26-19-10-8-18(9-11-19)25-14-17-13-22(27)29-21-12-7-16-5-3-4-6-20(16)23(17)21/h3-13,15,25H,14H2,1-2H3,(H,26,28). The molecule has 1 amide bonds. The first-order valence-corrected chi connectivity index (χ1v) is 9.60. The van der Waals surface area contributed by atoms with E-state index in [-0.39, 0.29) is 17.5 Å². The quantitative estimate of drug-likeness (QED) is 0.367. The number of carbonyl (C=O) groups is 1. The summed E-state index contributed by atoms with van der Waals surface area (Å²) in [5.41, 5.74) is 2.75. The SMILES string of the molecule is CC(C)C(=O)Nc1ccc(NCc2cc(=O)oc3ccc4ccccc4c23)cc1. The molecule has 0 aliphatic heterocycles. The predicted octanol–water partition coefficient (Wildman–Crippen LogP) is 5.15. The van der Waals surface area contributed by atoms with Gasteiger partial charge in [-0.2, -0.15) is 0 Å². The molecule has 0 unspecified atom stereocenters. The van der Waals surface area contributed by atoms with E-state index in [9.17, 15) is 9.59 Å². The van der Waals surface area contributed by atoms with Crippen molar-refractivity contribution in [3.63, 3.8) is 0 Å². The van der Waals surface area contributed by atoms with E-state index in [1.165, 1.54) is 0 Å². The van der Waals surface area contributed by atoms with Crippen molar-refractivity contribution in [3.05, 3.63) is 82.7 Å². The minimum absolute atomic E-state index is 0.0138. The summed E-state index contributed by atoms with van der Waals surface area (Å²) in [7, 11) is 0. The largest absolute Gasteiger partial charge is 0.423 e. The molecule has 0 aliphatic carbocycles. The molecule has 0 spiro atoms. The maximum Gasteiger partial charge on any atom is 0.336 e. The highest BCUT2D eigenvalue weighted by atomic mass is 16.4. The second-order valence-electron chi connectivity index (χ2n) is 7.33. The minimum atomic E-state index is -0.365. The van der Waals surface area contributed by atoms with Crippen LogP contribution >= 0.6 is 0 Å². The van der Waals surface area contributed by atoms with Crippen LogP contribution in [0.3, 0.4) is 0 Å². The molecule has 4 aromatic rings. The smallest absolute Gasteiger partial charge is 0.336 e. The van der Waals surface area contributed by atoms with E-state index in [1.54, 1.807) is 6.07 Å². The average Bonchev–Trinajstić information content (AvgIpc) is 2.72. The third-order valence-corrected chi connectivity index (χ3v) is 4.87. The number of benzene rings is 3. The zero-order chi connectivity index (χ0) is 20.4. The number of carbonyl (C=O) groups excluding carboxylic acids is 1. The van der Waals surface area contributed by atoms with Gasteiger partial charge in [0.05, 0.1) is 0 Å². The summed E-state index contributed by atoms with van der Waals surface area (Å²) < 4.78 is 5.41. The monoisotopic (exact) mass is 386 g/mol. The molecule has 0 saturated heterocycles. The van der Waals surface area contributed by atoms with Crippen molar-refractivity contribution in [3.8, 4) is 0 Å². The van der Waals surface area contributed by atoms with Gasteiger partial charge in [-0.15, -0.1) is 0 Å². The van der Waals surface area contributed by atoms with Crippen LogP contribution in [0.2, 0.25) is 0 Å². The number of anilines is 2. The molecule has 1 heterocycles. The Morgan fingerprint density at radius 1 is 0.966 bits per heavy atom. The molecule has 0 radical (unpaired) electrons. The minimum Gasteiger partial charge on any atom is -0.423 e. The zero-order valence-corrected chi connectivity index (χ0v) is 16.4. The van der Waals surface area contributed by atoms with Gasteiger partial charge in [0.15, 0.2) is 0 Å². The summed E-state index contributed by atoms with van der Waals surface area (Å²) in [5.74, 6) is -0.0826. The fourth-order valence-corrected chi connectivity index (χ4v) is 3.31. The van der Waals surface area contributed by atoms with Gasteiger partial charge in [0, 0.05) is 35.3 Å². The molecular formula is C24H22N2O3. The Kier molecular flexibility index (Phi) is 5.04. The fraction of sp³-hybridized carbons (Fsp3) is 0.167. The highest BCUT2D eigenvalue weighted by molar-refractivity contribution is 6.07. The molecule has 0 saturated carbocycles. The second kappa shape index (κ2) is 7.80. The number of fused-ring (bicyclic) bond motifs is 3. The van der Waals surface area contributed by atoms with Gasteiger partial charge in [-0.1, -0.05) is 44.2 Å². The molecule has 146 valence electrons. The van der Waals surface area contributed by atoms with Crippen LogP contribution < -0.4 is 16.3 Å². The van der Waals surface area contributed by atoms with Gasteiger partial charge in [-0.05, 0) is 46.7 Å². The molecule has 29 heavy (non-hydrogen) atoms. The molecule has 0 fully saturated rings. The zero-order valence-electron chi connectivity index (χ0n) is 16.4. The first kappa shape index (κ1) is 18.7. The van der Waals surface area contributed by atoms with Crippen LogP contribution in [0.1, 0.15) is 19.4 Å². The lowest BCUT2D eigenvalue weighted by molar-refractivity contribution is -0.118. The summed E-state index contributed by atoms with van der Waals surface area (Å²) in [5, 5.41) is 9.32. The van der Waals surface area contributed by atoms with Crippen LogP contribution in [-0.4, -0.2) is 5.91 Å². The first-order valence-electron chi connectivity index (χ1n) is 9.60. The van der Waals surface area contributed by atoms with Crippen molar-refractivity contribution in [2.24, 2.45) is 5.92 Å². The van der Waals surface area contributed by atoms with Crippen LogP contribution in [0.5, 0.6) is 0 Å². The van der Waals surface area contributed by atoms with Gasteiger partial charge in [0.25, 0.3) is 0 Å². The van der Waals surface area contributed by atoms with Crippen LogP contribution in [0.25, 0.3) is 21.7 Å². The van der Waals surface area contributed by atoms with Crippen molar-refractivity contribution in [1.29, 1.82) is 0 Å². The Balaban J connectivity index is 1.61. The number of rotatable bonds is 5. The highest BCUT2D eigenvalue weighted by Gasteiger charge is 2.10. The Morgan fingerprint density at radius 3 is 2.45 bits per heavy atom. The van der Waals surface area contributed by atoms with Gasteiger partial charge in [-0.3, -0.25) is 4.79 Å². The van der Waals surface area contributed by atoms with Gasteiger partial charge in [0.1, 0.15) is 5.58 Å². The van der Waals surface area contributed by atoms with Crippen LogP contribution in [0, 0.1) is 5.92 Å². The van der Waals surface area contributed by atoms with Crippen LogP contribution in [0.15, 0.2) is 75.9 Å². The second-order valence-corrected chi connectivity index (χ2v) is 7.33. The van der Waals surface area contributed by atoms with E-state index in [0.29, 0.717) is 12.1 Å². The summed E-state index contributed by atoms with van der Waals surface area (Å²) >= 11 is 0. The molecule has 1 aromatic heterocycles. The topological polar surface area (TPSA) is 71.3 Å². The lowest BCUT2D eigenvalue weighted by Gasteiger charge is -2.12. The first-order chi connectivity index (χ1) is 14.0. The number of hydrogen-bond acceptors (Lipinski definition) is 4. The summed E-state index contributed by atoms with van der Waals surface area (Å²) in [6, 6.07) is 20.9. The molecule has 2 N–H and O–H groups in total. The van der Waals surface area contributed by atoms with Gasteiger partial charge in [-0.25, -0.2) is 4.79 Å². The molecule has 5 nitrogen and oxygen atoms in total. The lowest BCUT2D eigenvalue weighted by atomic mass is 10.0. The molecule has 5 heteroatoms. The Labute approximate surface area is 168 Å². The lowest BCUT2D eigenvalue weighted by Crippen LogP contribution is -2.17. The van der Waals surface area contributed by atoms with E-state index >= 15 is 0 Å². The number of amides is 1. The number of hydrogen-bond donors (Lipinski definition) is 2. The van der Waals surface area contributed by atoms with Crippen LogP contribution in [0.4, 0.5) is 11.4 Å². The Morgan fingerprint density at radius 2 is 1.69 bits per heavy atom. The van der Waals surface area contributed by atoms with Crippen LogP contribution in [-0.2, 0) is 11.3 Å². The Hall–Kier alpha value is -3.60. The van der Waals surface area contributed by atoms with Crippen molar-refractivity contribution in [2.45, 2.75) is 20.4 Å². The van der Waals surface area contributed by atoms with Crippen molar-refractivity contribution in [1.82, 2.24) is 0 Å². The number of nitrogens with one attached hydrogen (secondary N) is 2. The molecule has 0 atom stereocenters. The maximum absolute atomic E-state index is 12.0. The predicted molar refractivity (Wildman–Crippen MR) is 117 cm³/mol.